The number of halogens is 1. The van der Waals surface area contributed by atoms with Crippen molar-refractivity contribution in [2.45, 2.75) is 29.8 Å². The zero-order valence-corrected chi connectivity index (χ0v) is 27.7. The van der Waals surface area contributed by atoms with Crippen molar-refractivity contribution in [3.8, 4) is 45.8 Å². The van der Waals surface area contributed by atoms with E-state index in [0.717, 1.165) is 12.1 Å². The second-order valence-corrected chi connectivity index (χ2v) is 12.8. The van der Waals surface area contributed by atoms with Crippen LogP contribution >= 0.6 is 0 Å². The van der Waals surface area contributed by atoms with Crippen molar-refractivity contribution in [3.05, 3.63) is 64.6 Å². The van der Waals surface area contributed by atoms with E-state index in [4.69, 9.17) is 32.8 Å². The summed E-state index contributed by atoms with van der Waals surface area (Å²) in [7, 11) is 3.46. The molecule has 0 saturated carbocycles. The minimum absolute atomic E-state index is 0.00500. The summed E-state index contributed by atoms with van der Waals surface area (Å²) in [6, 6.07) is 11.1. The molecular formula is C33H37FN2O10S. The van der Waals surface area contributed by atoms with Crippen LogP contribution in [0.2, 0.25) is 0 Å². The summed E-state index contributed by atoms with van der Waals surface area (Å²) in [5, 5.41) is 2.18. The van der Waals surface area contributed by atoms with Gasteiger partial charge in [-0.25, -0.2) is 12.8 Å². The topological polar surface area (TPSA) is 135 Å². The maximum absolute atomic E-state index is 14.4. The molecule has 1 aromatic heterocycles. The minimum Gasteiger partial charge on any atom is -0.496 e. The molecule has 0 radical (unpaired) electrons. The number of piperazine rings is 1. The lowest BCUT2D eigenvalue weighted by atomic mass is 10.1. The molecule has 4 aromatic rings. The Labute approximate surface area is 271 Å². The first-order valence-corrected chi connectivity index (χ1v) is 16.3. The monoisotopic (exact) mass is 672 g/mol. The Hall–Kier alpha value is -4.53. The Morgan fingerprint density at radius 2 is 1.57 bits per heavy atom. The summed E-state index contributed by atoms with van der Waals surface area (Å²) >= 11 is 0. The van der Waals surface area contributed by atoms with Gasteiger partial charge in [-0.2, -0.15) is 0 Å². The molecule has 0 bridgehead atoms. The fourth-order valence-corrected chi connectivity index (χ4v) is 7.15. The molecule has 1 saturated heterocycles. The van der Waals surface area contributed by atoms with Gasteiger partial charge in [-0.3, -0.25) is 15.0 Å². The highest BCUT2D eigenvalue weighted by molar-refractivity contribution is 7.92. The van der Waals surface area contributed by atoms with Crippen LogP contribution in [0.4, 0.5) is 4.39 Å². The van der Waals surface area contributed by atoms with Crippen LogP contribution in [0.25, 0.3) is 22.3 Å². The molecule has 252 valence electrons. The van der Waals surface area contributed by atoms with Crippen LogP contribution in [0.1, 0.15) is 13.3 Å². The highest BCUT2D eigenvalue weighted by Gasteiger charge is 2.36. The highest BCUT2D eigenvalue weighted by atomic mass is 32.2. The van der Waals surface area contributed by atoms with Crippen LogP contribution in [0.5, 0.6) is 34.5 Å². The van der Waals surface area contributed by atoms with Gasteiger partial charge in [-0.1, -0.05) is 6.92 Å². The first kappa shape index (κ1) is 33.8. The second kappa shape index (κ2) is 14.1. The third-order valence-corrected chi connectivity index (χ3v) is 9.97. The molecule has 1 N–H and O–H groups in total. The molecule has 0 amide bonds. The molecule has 1 aliphatic heterocycles. The fraction of sp³-hybridized carbons (Fsp3) is 0.364. The lowest BCUT2D eigenvalue weighted by Gasteiger charge is -2.38. The SMILES string of the molecule is CCC(Oc1c(-c2cc(OC)c(OC)c(OC)c2)oc2cc(OC)cc(OC)c2c1=O)N1CCNC(S(=O)(=O)c2ccc(F)cc2)C1. The van der Waals surface area contributed by atoms with Crippen molar-refractivity contribution in [1.82, 2.24) is 10.2 Å². The van der Waals surface area contributed by atoms with E-state index in [1.165, 1.54) is 47.7 Å². The molecule has 2 atom stereocenters. The number of methoxy groups -OCH3 is 5. The van der Waals surface area contributed by atoms with Gasteiger partial charge in [0.2, 0.25) is 16.9 Å². The quantitative estimate of drug-likeness (QED) is 0.213. The number of ether oxygens (including phenoxy) is 6. The van der Waals surface area contributed by atoms with Crippen LogP contribution in [0.15, 0.2) is 62.6 Å². The van der Waals surface area contributed by atoms with E-state index in [9.17, 15) is 17.6 Å². The number of sulfone groups is 1. The third-order valence-electron chi connectivity index (χ3n) is 7.97. The van der Waals surface area contributed by atoms with Crippen molar-refractivity contribution < 1.29 is 45.6 Å². The summed E-state index contributed by atoms with van der Waals surface area (Å²) in [4.78, 5) is 16.2. The summed E-state index contributed by atoms with van der Waals surface area (Å²) in [6.45, 7) is 2.65. The molecule has 2 heterocycles. The molecule has 2 unspecified atom stereocenters. The Morgan fingerprint density at radius 3 is 2.15 bits per heavy atom. The van der Waals surface area contributed by atoms with Gasteiger partial charge in [0.05, 0.1) is 40.4 Å². The number of rotatable bonds is 12. The second-order valence-electron chi connectivity index (χ2n) is 10.6. The number of nitrogens with one attached hydrogen (secondary N) is 1. The number of hydrogen-bond donors (Lipinski definition) is 1. The number of benzene rings is 3. The Kier molecular flexibility index (Phi) is 10.1. The minimum atomic E-state index is -3.88. The normalized spacial score (nSPS) is 16.0. The standard InChI is InChI=1S/C33H37FN2O10S/c1-7-28(36-13-12-35-27(18-36)47(38,39)22-10-8-20(34)9-11-22)46-33-30(37)29-23(41-3)16-21(40-2)17-24(29)45-31(33)19-14-25(42-4)32(44-6)26(15-19)43-5/h8-11,14-17,27-28,35H,7,12-13,18H2,1-6H3. The van der Waals surface area contributed by atoms with Crippen molar-refractivity contribution in [2.75, 3.05) is 55.2 Å². The molecule has 3 aromatic carbocycles. The maximum Gasteiger partial charge on any atom is 0.239 e. The van der Waals surface area contributed by atoms with Gasteiger partial charge in [0.1, 0.15) is 33.7 Å². The van der Waals surface area contributed by atoms with Crippen molar-refractivity contribution >= 4 is 20.8 Å². The summed E-state index contributed by atoms with van der Waals surface area (Å²) in [6.07, 6.45) is -0.358. The van der Waals surface area contributed by atoms with E-state index < -0.39 is 32.7 Å². The summed E-state index contributed by atoms with van der Waals surface area (Å²) in [5.74, 6) is 1.02. The first-order valence-electron chi connectivity index (χ1n) is 14.8. The molecule has 1 fully saturated rings. The molecule has 0 aliphatic carbocycles. The summed E-state index contributed by atoms with van der Waals surface area (Å²) < 4.78 is 80.9. The third kappa shape index (κ3) is 6.53. The zero-order valence-electron chi connectivity index (χ0n) is 26.9. The number of nitrogens with zero attached hydrogens (tertiary/aromatic N) is 1. The van der Waals surface area contributed by atoms with Crippen LogP contribution in [0.3, 0.4) is 0 Å². The number of fused-ring (bicyclic) bond motifs is 1. The first-order chi connectivity index (χ1) is 22.6. The van der Waals surface area contributed by atoms with Crippen molar-refractivity contribution in [1.29, 1.82) is 0 Å². The van der Waals surface area contributed by atoms with Gasteiger partial charge in [0, 0.05) is 37.3 Å². The van der Waals surface area contributed by atoms with Crippen LogP contribution in [0, 0.1) is 5.82 Å². The molecule has 5 rings (SSSR count). The van der Waals surface area contributed by atoms with Crippen molar-refractivity contribution in [3.63, 3.8) is 0 Å². The predicted octanol–water partition coefficient (Wildman–Crippen LogP) is 4.46. The average molecular weight is 673 g/mol. The molecule has 0 spiro atoms. The molecular weight excluding hydrogens is 635 g/mol. The zero-order chi connectivity index (χ0) is 33.9. The van der Waals surface area contributed by atoms with Gasteiger partial charge in [-0.15, -0.1) is 0 Å². The number of hydrogen-bond acceptors (Lipinski definition) is 12. The smallest absolute Gasteiger partial charge is 0.239 e. The van der Waals surface area contributed by atoms with E-state index >= 15 is 0 Å². The molecule has 47 heavy (non-hydrogen) atoms. The van der Waals surface area contributed by atoms with E-state index in [-0.39, 0.29) is 39.7 Å². The van der Waals surface area contributed by atoms with Gasteiger partial charge in [0.15, 0.2) is 33.3 Å². The van der Waals surface area contributed by atoms with Gasteiger partial charge in [0.25, 0.3) is 0 Å². The lowest BCUT2D eigenvalue weighted by Crippen LogP contribution is -2.57. The Bertz CT molecular complexity index is 1890. The molecule has 1 aliphatic rings. The Morgan fingerprint density at radius 1 is 0.915 bits per heavy atom. The van der Waals surface area contributed by atoms with E-state index in [1.54, 1.807) is 24.3 Å². The average Bonchev–Trinajstić information content (AvgIpc) is 3.10. The van der Waals surface area contributed by atoms with Gasteiger partial charge >= 0.3 is 0 Å². The molecule has 14 heteroatoms. The van der Waals surface area contributed by atoms with Crippen LogP contribution < -0.4 is 39.2 Å². The largest absolute Gasteiger partial charge is 0.496 e. The van der Waals surface area contributed by atoms with E-state index in [0.29, 0.717) is 48.1 Å². The maximum atomic E-state index is 14.4. The lowest BCUT2D eigenvalue weighted by molar-refractivity contribution is 0.00956. The molecule has 12 nitrogen and oxygen atoms in total. The van der Waals surface area contributed by atoms with E-state index in [2.05, 4.69) is 5.32 Å². The fourth-order valence-electron chi connectivity index (χ4n) is 5.58. The van der Waals surface area contributed by atoms with Gasteiger partial charge < -0.3 is 32.8 Å². The van der Waals surface area contributed by atoms with Crippen LogP contribution in [-0.2, 0) is 9.84 Å². The van der Waals surface area contributed by atoms with Gasteiger partial charge in [-0.05, 0) is 42.8 Å². The highest BCUT2D eigenvalue weighted by Crippen LogP contribution is 2.44. The van der Waals surface area contributed by atoms with E-state index in [1.807, 2.05) is 11.8 Å². The van der Waals surface area contributed by atoms with Crippen LogP contribution in [-0.4, -0.2) is 80.1 Å². The summed E-state index contributed by atoms with van der Waals surface area (Å²) in [5.41, 5.74) is 0.0590. The van der Waals surface area contributed by atoms with Crippen molar-refractivity contribution in [2.24, 2.45) is 0 Å². The predicted molar refractivity (Wildman–Crippen MR) is 172 cm³/mol. The Balaban J connectivity index is 1.63.